The molecule has 1 N–H and O–H groups in total. The number of fused-ring (bicyclic) bond motifs is 1. The average molecular weight is 531 g/mol. The molecule has 2 aromatic carbocycles. The Balaban J connectivity index is 1.18. The zero-order valence-corrected chi connectivity index (χ0v) is 21.3. The van der Waals surface area contributed by atoms with Gasteiger partial charge >= 0.3 is 11.7 Å². The van der Waals surface area contributed by atoms with E-state index in [1.165, 1.54) is 40.9 Å². The first-order chi connectivity index (χ1) is 18.3. The third-order valence-corrected chi connectivity index (χ3v) is 6.68. The van der Waals surface area contributed by atoms with Crippen molar-refractivity contribution in [3.63, 3.8) is 0 Å². The highest BCUT2D eigenvalue weighted by molar-refractivity contribution is 7.14. The number of nitrogens with one attached hydrogen (secondary N) is 1. The standard InChI is InChI=1S/C26H22N6O5S/c1-30-23-22(24(35)31(2)26(30)36)32(15-27-23)12-21(34)37-13-20(33)29-25-28-19(14-38-25)18-10-8-17(9-11-18)16-6-4-3-5-7-16/h3-11,14-15H,12-13H2,1-2H3,(H,28,29,33). The molecule has 0 atom stereocenters. The topological polar surface area (TPSA) is 130 Å². The minimum Gasteiger partial charge on any atom is -0.454 e. The zero-order chi connectivity index (χ0) is 26.8. The molecular formula is C26H22N6O5S. The van der Waals surface area contributed by atoms with Crippen LogP contribution in [0.4, 0.5) is 5.13 Å². The zero-order valence-electron chi connectivity index (χ0n) is 20.5. The third kappa shape index (κ3) is 4.89. The number of thiazole rings is 1. The summed E-state index contributed by atoms with van der Waals surface area (Å²) < 4.78 is 8.50. The van der Waals surface area contributed by atoms with Gasteiger partial charge in [-0.25, -0.2) is 14.8 Å². The number of nitrogens with zero attached hydrogens (tertiary/aromatic N) is 5. The summed E-state index contributed by atoms with van der Waals surface area (Å²) in [6.45, 7) is -0.875. The molecule has 3 aromatic heterocycles. The second-order valence-corrected chi connectivity index (χ2v) is 9.30. The largest absolute Gasteiger partial charge is 0.454 e. The highest BCUT2D eigenvalue weighted by Crippen LogP contribution is 2.27. The Hall–Kier alpha value is -4.84. The highest BCUT2D eigenvalue weighted by atomic mass is 32.1. The van der Waals surface area contributed by atoms with Gasteiger partial charge in [-0.05, 0) is 11.1 Å². The van der Waals surface area contributed by atoms with Crippen LogP contribution in [-0.4, -0.2) is 42.2 Å². The molecule has 0 saturated carbocycles. The molecular weight excluding hydrogens is 508 g/mol. The van der Waals surface area contributed by atoms with Crippen LogP contribution >= 0.6 is 11.3 Å². The van der Waals surface area contributed by atoms with Crippen molar-refractivity contribution in [2.75, 3.05) is 11.9 Å². The van der Waals surface area contributed by atoms with Gasteiger partial charge in [0, 0.05) is 25.0 Å². The fourth-order valence-corrected chi connectivity index (χ4v) is 4.67. The lowest BCUT2D eigenvalue weighted by molar-refractivity contribution is -0.147. The van der Waals surface area contributed by atoms with Crippen molar-refractivity contribution in [1.29, 1.82) is 0 Å². The molecule has 0 bridgehead atoms. The lowest BCUT2D eigenvalue weighted by Crippen LogP contribution is -2.37. The molecule has 1 amide bonds. The summed E-state index contributed by atoms with van der Waals surface area (Å²) in [5.41, 5.74) is 2.96. The van der Waals surface area contributed by atoms with E-state index in [0.29, 0.717) is 10.8 Å². The predicted octanol–water partition coefficient (Wildman–Crippen LogP) is 2.41. The van der Waals surface area contributed by atoms with E-state index in [-0.39, 0.29) is 17.7 Å². The summed E-state index contributed by atoms with van der Waals surface area (Å²) in [5, 5.41) is 4.83. The number of aromatic nitrogens is 5. The van der Waals surface area contributed by atoms with Gasteiger partial charge in [-0.2, -0.15) is 0 Å². The van der Waals surface area contributed by atoms with E-state index in [1.54, 1.807) is 0 Å². The summed E-state index contributed by atoms with van der Waals surface area (Å²) in [5.74, 6) is -1.29. The molecule has 0 aliphatic heterocycles. The van der Waals surface area contributed by atoms with Crippen molar-refractivity contribution in [3.8, 4) is 22.4 Å². The fourth-order valence-electron chi connectivity index (χ4n) is 3.93. The minimum atomic E-state index is -0.742. The third-order valence-electron chi connectivity index (χ3n) is 5.92. The Bertz CT molecular complexity index is 1770. The molecule has 12 heteroatoms. The number of hydrogen-bond acceptors (Lipinski definition) is 8. The SMILES string of the molecule is Cn1c(=O)c2c(ncn2CC(=O)OCC(=O)Nc2nc(-c3ccc(-c4ccccc4)cc3)cs2)n(C)c1=O. The Morgan fingerprint density at radius 1 is 0.947 bits per heavy atom. The first kappa shape index (κ1) is 24.8. The number of ether oxygens (including phenoxy) is 1. The summed E-state index contributed by atoms with van der Waals surface area (Å²) in [4.78, 5) is 57.7. The first-order valence-corrected chi connectivity index (χ1v) is 12.4. The Kier molecular flexibility index (Phi) is 6.71. The Morgan fingerprint density at radius 3 is 2.37 bits per heavy atom. The van der Waals surface area contributed by atoms with Crippen LogP contribution in [0.15, 0.2) is 75.9 Å². The van der Waals surface area contributed by atoms with Crippen LogP contribution in [0.2, 0.25) is 0 Å². The number of benzene rings is 2. The molecule has 0 aliphatic rings. The summed E-state index contributed by atoms with van der Waals surface area (Å²) >= 11 is 1.26. The van der Waals surface area contributed by atoms with E-state index in [9.17, 15) is 19.2 Å². The van der Waals surface area contributed by atoms with Gasteiger partial charge in [-0.3, -0.25) is 28.8 Å². The van der Waals surface area contributed by atoms with Crippen LogP contribution < -0.4 is 16.6 Å². The van der Waals surface area contributed by atoms with Gasteiger partial charge in [0.1, 0.15) is 6.54 Å². The van der Waals surface area contributed by atoms with Crippen LogP contribution in [-0.2, 0) is 35.0 Å². The number of carbonyl (C=O) groups excluding carboxylic acids is 2. The van der Waals surface area contributed by atoms with Crippen molar-refractivity contribution >= 4 is 39.5 Å². The maximum absolute atomic E-state index is 12.5. The van der Waals surface area contributed by atoms with Crippen LogP contribution in [0.1, 0.15) is 0 Å². The number of rotatable bonds is 7. The van der Waals surface area contributed by atoms with Crippen molar-refractivity contribution < 1.29 is 14.3 Å². The molecule has 0 spiro atoms. The molecule has 3 heterocycles. The first-order valence-electron chi connectivity index (χ1n) is 11.5. The van der Waals surface area contributed by atoms with Gasteiger partial charge < -0.3 is 9.30 Å². The fraction of sp³-hybridized carbons (Fsp3) is 0.154. The lowest BCUT2D eigenvalue weighted by Gasteiger charge is -2.07. The van der Waals surface area contributed by atoms with Crippen LogP contribution in [0.3, 0.4) is 0 Å². The maximum Gasteiger partial charge on any atom is 0.332 e. The number of esters is 1. The van der Waals surface area contributed by atoms with Gasteiger partial charge in [-0.1, -0.05) is 54.6 Å². The number of carbonyl (C=O) groups is 2. The number of hydrogen-bond donors (Lipinski definition) is 1. The van der Waals surface area contributed by atoms with Crippen LogP contribution in [0.5, 0.6) is 0 Å². The van der Waals surface area contributed by atoms with E-state index in [4.69, 9.17) is 4.74 Å². The van der Waals surface area contributed by atoms with Gasteiger partial charge in [0.05, 0.1) is 12.0 Å². The molecule has 0 aliphatic carbocycles. The quantitative estimate of drug-likeness (QED) is 0.320. The molecule has 0 saturated heterocycles. The normalized spacial score (nSPS) is 11.0. The maximum atomic E-state index is 12.5. The second-order valence-electron chi connectivity index (χ2n) is 8.44. The Labute approximate surface area is 219 Å². The number of imidazole rings is 1. The van der Waals surface area contributed by atoms with Crippen molar-refractivity contribution in [2.45, 2.75) is 6.54 Å². The van der Waals surface area contributed by atoms with E-state index in [0.717, 1.165) is 21.3 Å². The highest BCUT2D eigenvalue weighted by Gasteiger charge is 2.17. The average Bonchev–Trinajstić information content (AvgIpc) is 3.57. The molecule has 5 rings (SSSR count). The molecule has 0 radical (unpaired) electrons. The molecule has 11 nitrogen and oxygen atoms in total. The van der Waals surface area contributed by atoms with Gasteiger partial charge in [0.15, 0.2) is 22.9 Å². The number of aryl methyl sites for hydroxylation is 1. The van der Waals surface area contributed by atoms with Gasteiger partial charge in [0.25, 0.3) is 11.5 Å². The number of amides is 1. The summed E-state index contributed by atoms with van der Waals surface area (Å²) in [6, 6.07) is 18.0. The number of anilines is 1. The molecule has 0 fully saturated rings. The lowest BCUT2D eigenvalue weighted by atomic mass is 10.0. The van der Waals surface area contributed by atoms with E-state index < -0.39 is 29.7 Å². The Morgan fingerprint density at radius 2 is 1.63 bits per heavy atom. The molecule has 5 aromatic rings. The van der Waals surface area contributed by atoms with Gasteiger partial charge in [0.2, 0.25) is 0 Å². The van der Waals surface area contributed by atoms with E-state index in [2.05, 4.69) is 15.3 Å². The van der Waals surface area contributed by atoms with E-state index in [1.807, 2.05) is 60.0 Å². The second kappa shape index (κ2) is 10.3. The van der Waals surface area contributed by atoms with E-state index >= 15 is 0 Å². The van der Waals surface area contributed by atoms with Crippen molar-refractivity contribution in [2.24, 2.45) is 14.1 Å². The van der Waals surface area contributed by atoms with Crippen molar-refractivity contribution in [3.05, 3.63) is 87.1 Å². The molecule has 192 valence electrons. The van der Waals surface area contributed by atoms with Gasteiger partial charge in [-0.15, -0.1) is 11.3 Å². The predicted molar refractivity (Wildman–Crippen MR) is 143 cm³/mol. The molecule has 0 unspecified atom stereocenters. The van der Waals surface area contributed by atoms with Crippen molar-refractivity contribution in [1.82, 2.24) is 23.7 Å². The smallest absolute Gasteiger partial charge is 0.332 e. The minimum absolute atomic E-state index is 0.0862. The summed E-state index contributed by atoms with van der Waals surface area (Å²) in [6.07, 6.45) is 1.27. The monoisotopic (exact) mass is 530 g/mol. The van der Waals surface area contributed by atoms with Crippen LogP contribution in [0.25, 0.3) is 33.5 Å². The van der Waals surface area contributed by atoms with Crippen LogP contribution in [0, 0.1) is 0 Å². The summed E-state index contributed by atoms with van der Waals surface area (Å²) in [7, 11) is 2.82. The molecule has 38 heavy (non-hydrogen) atoms.